The van der Waals surface area contributed by atoms with Gasteiger partial charge in [0.1, 0.15) is 5.82 Å². The fourth-order valence-electron chi connectivity index (χ4n) is 2.25. The molecular formula is C15H23FN2. The molecule has 1 aromatic rings. The number of unbranched alkanes of at least 4 members (excludes halogenated alkanes) is 1. The van der Waals surface area contributed by atoms with E-state index >= 15 is 0 Å². The number of nitrogens with two attached hydrogens (primary N) is 1. The Bertz CT molecular complexity index is 399. The molecule has 1 aromatic carbocycles. The first kappa shape index (κ1) is 13.3. The molecule has 1 atom stereocenters. The summed E-state index contributed by atoms with van der Waals surface area (Å²) >= 11 is 0. The minimum atomic E-state index is -0.132. The van der Waals surface area contributed by atoms with Gasteiger partial charge in [-0.1, -0.05) is 19.4 Å². The van der Waals surface area contributed by atoms with Crippen LogP contribution in [0.3, 0.4) is 0 Å². The van der Waals surface area contributed by atoms with Gasteiger partial charge in [-0.15, -0.1) is 0 Å². The summed E-state index contributed by atoms with van der Waals surface area (Å²) in [6.45, 7) is 5.00. The highest BCUT2D eigenvalue weighted by molar-refractivity contribution is 5.51. The molecule has 3 heteroatoms. The number of anilines is 1. The third kappa shape index (κ3) is 3.02. The lowest BCUT2D eigenvalue weighted by molar-refractivity contribution is 0.605. The van der Waals surface area contributed by atoms with Crippen molar-refractivity contribution in [2.24, 2.45) is 5.73 Å². The van der Waals surface area contributed by atoms with Gasteiger partial charge in [0.25, 0.3) is 0 Å². The molecular weight excluding hydrogens is 227 g/mol. The zero-order chi connectivity index (χ0) is 13.1. The molecule has 1 fully saturated rings. The minimum Gasteiger partial charge on any atom is -0.366 e. The second-order valence-corrected chi connectivity index (χ2v) is 5.28. The van der Waals surface area contributed by atoms with Crippen LogP contribution in [0.15, 0.2) is 18.2 Å². The van der Waals surface area contributed by atoms with Gasteiger partial charge in [-0.25, -0.2) is 4.39 Å². The van der Waals surface area contributed by atoms with E-state index in [1.807, 2.05) is 19.1 Å². The molecule has 0 amide bonds. The third-order valence-electron chi connectivity index (χ3n) is 3.55. The zero-order valence-electron chi connectivity index (χ0n) is 11.3. The normalized spacial score (nSPS) is 16.7. The van der Waals surface area contributed by atoms with Gasteiger partial charge in [0.2, 0.25) is 0 Å². The van der Waals surface area contributed by atoms with Crippen LogP contribution in [0.1, 0.15) is 51.1 Å². The van der Waals surface area contributed by atoms with E-state index in [-0.39, 0.29) is 11.9 Å². The maximum absolute atomic E-state index is 14.2. The van der Waals surface area contributed by atoms with Crippen molar-refractivity contribution in [1.82, 2.24) is 0 Å². The van der Waals surface area contributed by atoms with Crippen LogP contribution in [-0.2, 0) is 0 Å². The topological polar surface area (TPSA) is 29.3 Å². The van der Waals surface area contributed by atoms with Gasteiger partial charge < -0.3 is 10.6 Å². The second kappa shape index (κ2) is 5.70. The van der Waals surface area contributed by atoms with E-state index in [1.54, 1.807) is 6.07 Å². The monoisotopic (exact) mass is 250 g/mol. The average Bonchev–Trinajstić information content (AvgIpc) is 3.15. The van der Waals surface area contributed by atoms with Gasteiger partial charge >= 0.3 is 0 Å². The molecule has 0 heterocycles. The summed E-state index contributed by atoms with van der Waals surface area (Å²) in [6, 6.07) is 5.86. The molecule has 1 aliphatic rings. The van der Waals surface area contributed by atoms with Gasteiger partial charge in [-0.05, 0) is 43.9 Å². The van der Waals surface area contributed by atoms with Crippen LogP contribution in [0.4, 0.5) is 10.1 Å². The first-order valence-electron chi connectivity index (χ1n) is 6.95. The van der Waals surface area contributed by atoms with Crippen LogP contribution in [0.5, 0.6) is 0 Å². The lowest BCUT2D eigenvalue weighted by Crippen LogP contribution is -2.27. The highest BCUT2D eigenvalue weighted by atomic mass is 19.1. The van der Waals surface area contributed by atoms with Crippen molar-refractivity contribution in [2.45, 2.75) is 51.6 Å². The van der Waals surface area contributed by atoms with Crippen LogP contribution in [-0.4, -0.2) is 12.6 Å². The van der Waals surface area contributed by atoms with Crippen LogP contribution < -0.4 is 10.6 Å². The Kier molecular flexibility index (Phi) is 4.23. The van der Waals surface area contributed by atoms with E-state index in [0.717, 1.165) is 30.6 Å². The number of benzene rings is 1. The summed E-state index contributed by atoms with van der Waals surface area (Å²) in [7, 11) is 0. The Hall–Kier alpha value is -1.09. The van der Waals surface area contributed by atoms with Crippen molar-refractivity contribution in [2.75, 3.05) is 11.4 Å². The maximum Gasteiger partial charge on any atom is 0.146 e. The Morgan fingerprint density at radius 1 is 1.44 bits per heavy atom. The highest BCUT2D eigenvalue weighted by Crippen LogP contribution is 2.34. The summed E-state index contributed by atoms with van der Waals surface area (Å²) in [5.74, 6) is -0.132. The van der Waals surface area contributed by atoms with E-state index in [4.69, 9.17) is 5.73 Å². The van der Waals surface area contributed by atoms with E-state index in [2.05, 4.69) is 11.8 Å². The first-order chi connectivity index (χ1) is 8.63. The van der Waals surface area contributed by atoms with Crippen molar-refractivity contribution < 1.29 is 4.39 Å². The summed E-state index contributed by atoms with van der Waals surface area (Å²) < 4.78 is 14.2. The summed E-state index contributed by atoms with van der Waals surface area (Å²) in [5.41, 5.74) is 7.39. The molecule has 18 heavy (non-hydrogen) atoms. The smallest absolute Gasteiger partial charge is 0.146 e. The molecule has 2 N–H and O–H groups in total. The number of halogens is 1. The fourth-order valence-corrected chi connectivity index (χ4v) is 2.25. The standard InChI is InChI=1S/C15H23FN2/c1-3-4-9-18(13-6-7-13)15-8-5-12(11(2)17)10-14(15)16/h5,8,10-11,13H,3-4,6-7,9,17H2,1-2H3/t11-/m0/s1. The quantitative estimate of drug-likeness (QED) is 0.835. The average molecular weight is 250 g/mol. The van der Waals surface area contributed by atoms with Crippen molar-refractivity contribution in [3.05, 3.63) is 29.6 Å². The van der Waals surface area contributed by atoms with Crippen LogP contribution in [0.25, 0.3) is 0 Å². The SMILES string of the molecule is CCCCN(c1ccc([C@H](C)N)cc1F)C1CC1. The minimum absolute atomic E-state index is 0.112. The molecule has 0 radical (unpaired) electrons. The predicted molar refractivity (Wildman–Crippen MR) is 74.3 cm³/mol. The van der Waals surface area contributed by atoms with Crippen molar-refractivity contribution in [1.29, 1.82) is 0 Å². The molecule has 1 aliphatic carbocycles. The predicted octanol–water partition coefficient (Wildman–Crippen LogP) is 3.61. The van der Waals surface area contributed by atoms with Gasteiger partial charge in [0.15, 0.2) is 0 Å². The summed E-state index contributed by atoms with van der Waals surface area (Å²) in [5, 5.41) is 0. The highest BCUT2D eigenvalue weighted by Gasteiger charge is 2.30. The number of rotatable bonds is 6. The molecule has 1 saturated carbocycles. The second-order valence-electron chi connectivity index (χ2n) is 5.28. The number of nitrogens with zero attached hydrogens (tertiary/aromatic N) is 1. The molecule has 0 aromatic heterocycles. The Labute approximate surface area is 109 Å². The summed E-state index contributed by atoms with van der Waals surface area (Å²) in [4.78, 5) is 2.23. The largest absolute Gasteiger partial charge is 0.366 e. The van der Waals surface area contributed by atoms with Crippen LogP contribution in [0, 0.1) is 5.82 Å². The van der Waals surface area contributed by atoms with Gasteiger partial charge in [0, 0.05) is 18.6 Å². The van der Waals surface area contributed by atoms with Crippen molar-refractivity contribution in [3.8, 4) is 0 Å². The lowest BCUT2D eigenvalue weighted by Gasteiger charge is -2.25. The van der Waals surface area contributed by atoms with Crippen molar-refractivity contribution in [3.63, 3.8) is 0 Å². The first-order valence-corrected chi connectivity index (χ1v) is 6.95. The molecule has 0 bridgehead atoms. The van der Waals surface area contributed by atoms with Crippen LogP contribution >= 0.6 is 0 Å². The molecule has 0 saturated heterocycles. The van der Waals surface area contributed by atoms with Crippen LogP contribution in [0.2, 0.25) is 0 Å². The van der Waals surface area contributed by atoms with Gasteiger partial charge in [-0.2, -0.15) is 0 Å². The Balaban J connectivity index is 2.19. The Morgan fingerprint density at radius 3 is 2.67 bits per heavy atom. The van der Waals surface area contributed by atoms with Gasteiger partial charge in [-0.3, -0.25) is 0 Å². The maximum atomic E-state index is 14.2. The lowest BCUT2D eigenvalue weighted by atomic mass is 10.1. The van der Waals surface area contributed by atoms with E-state index in [9.17, 15) is 4.39 Å². The molecule has 0 unspecified atom stereocenters. The fraction of sp³-hybridized carbons (Fsp3) is 0.600. The van der Waals surface area contributed by atoms with Crippen molar-refractivity contribution >= 4 is 5.69 Å². The van der Waals surface area contributed by atoms with E-state index in [1.165, 1.54) is 12.8 Å². The molecule has 0 aliphatic heterocycles. The molecule has 0 spiro atoms. The summed E-state index contributed by atoms with van der Waals surface area (Å²) in [6.07, 6.45) is 4.64. The number of hydrogen-bond acceptors (Lipinski definition) is 2. The van der Waals surface area contributed by atoms with E-state index < -0.39 is 0 Å². The third-order valence-corrected chi connectivity index (χ3v) is 3.55. The molecule has 2 nitrogen and oxygen atoms in total. The number of hydrogen-bond donors (Lipinski definition) is 1. The molecule has 100 valence electrons. The van der Waals surface area contributed by atoms with E-state index in [0.29, 0.717) is 6.04 Å². The van der Waals surface area contributed by atoms with Gasteiger partial charge in [0.05, 0.1) is 5.69 Å². The zero-order valence-corrected chi connectivity index (χ0v) is 11.3. The molecule has 2 rings (SSSR count). The Morgan fingerprint density at radius 2 is 2.17 bits per heavy atom.